The van der Waals surface area contributed by atoms with Gasteiger partial charge in [0, 0.05) is 6.07 Å². The van der Waals surface area contributed by atoms with E-state index in [1.165, 1.54) is 18.3 Å². The molecule has 0 amide bonds. The van der Waals surface area contributed by atoms with Gasteiger partial charge in [0.25, 0.3) is 5.88 Å². The van der Waals surface area contributed by atoms with Crippen LogP contribution in [-0.2, 0) is 0 Å². The molecule has 0 radical (unpaired) electrons. The van der Waals surface area contributed by atoms with Crippen molar-refractivity contribution in [3.05, 3.63) is 40.1 Å². The molecule has 0 atom stereocenters. The first-order valence-electron chi connectivity index (χ1n) is 3.68. The highest BCUT2D eigenvalue weighted by Gasteiger charge is 2.16. The summed E-state index contributed by atoms with van der Waals surface area (Å²) in [5.74, 6) is -0.0562. The molecule has 0 aliphatic heterocycles. The van der Waals surface area contributed by atoms with E-state index in [2.05, 4.69) is 11.6 Å². The van der Waals surface area contributed by atoms with Crippen LogP contribution in [0.1, 0.15) is 0 Å². The third-order valence-electron chi connectivity index (χ3n) is 1.33. The lowest BCUT2D eigenvalue weighted by Gasteiger charge is -2.02. The summed E-state index contributed by atoms with van der Waals surface area (Å²) in [6.07, 6.45) is 2.76. The van der Waals surface area contributed by atoms with Crippen molar-refractivity contribution in [3.8, 4) is 5.88 Å². The highest BCUT2D eigenvalue weighted by molar-refractivity contribution is 6.30. The predicted octanol–water partition coefficient (Wildman–Crippen LogP) is 2.21. The predicted molar refractivity (Wildman–Crippen MR) is 51.6 cm³/mol. The average molecular weight is 215 g/mol. The van der Waals surface area contributed by atoms with E-state index in [0.29, 0.717) is 0 Å². The molecule has 1 rings (SSSR count). The van der Waals surface area contributed by atoms with Crippen molar-refractivity contribution in [1.82, 2.24) is 4.98 Å². The highest BCUT2D eigenvalue weighted by Crippen LogP contribution is 2.26. The van der Waals surface area contributed by atoms with E-state index in [4.69, 9.17) is 16.3 Å². The van der Waals surface area contributed by atoms with Crippen LogP contribution in [-0.4, -0.2) is 16.5 Å². The average Bonchev–Trinajstić information content (AvgIpc) is 2.15. The summed E-state index contributed by atoms with van der Waals surface area (Å²) in [5.41, 5.74) is -0.251. The fraction of sp³-hybridized carbons (Fsp3) is 0.125. The fourth-order valence-electron chi connectivity index (χ4n) is 0.796. The summed E-state index contributed by atoms with van der Waals surface area (Å²) in [7, 11) is 0. The lowest BCUT2D eigenvalue weighted by molar-refractivity contribution is -0.386. The van der Waals surface area contributed by atoms with E-state index in [-0.39, 0.29) is 23.2 Å². The second-order valence-corrected chi connectivity index (χ2v) is 2.77. The summed E-state index contributed by atoms with van der Waals surface area (Å²) in [6.45, 7) is 3.58. The van der Waals surface area contributed by atoms with Crippen LogP contribution in [0.2, 0.25) is 5.02 Å². The van der Waals surface area contributed by atoms with Crippen LogP contribution >= 0.6 is 11.6 Å². The molecule has 0 aliphatic carbocycles. The van der Waals surface area contributed by atoms with Gasteiger partial charge in [-0.05, 0) is 0 Å². The molecule has 1 aromatic rings. The van der Waals surface area contributed by atoms with E-state index >= 15 is 0 Å². The van der Waals surface area contributed by atoms with Crippen LogP contribution in [0.5, 0.6) is 5.88 Å². The summed E-state index contributed by atoms with van der Waals surface area (Å²) in [6, 6.07) is 1.19. The smallest absolute Gasteiger partial charge is 0.332 e. The number of pyridine rings is 1. The monoisotopic (exact) mass is 214 g/mol. The highest BCUT2D eigenvalue weighted by atomic mass is 35.5. The van der Waals surface area contributed by atoms with Crippen LogP contribution in [0, 0.1) is 10.1 Å². The third-order valence-corrected chi connectivity index (χ3v) is 1.54. The van der Waals surface area contributed by atoms with Gasteiger partial charge < -0.3 is 4.74 Å². The van der Waals surface area contributed by atoms with Crippen molar-refractivity contribution in [2.75, 3.05) is 6.61 Å². The zero-order valence-electron chi connectivity index (χ0n) is 7.14. The number of hydrogen-bond acceptors (Lipinski definition) is 4. The molecule has 0 aliphatic rings. The molecular weight excluding hydrogens is 208 g/mol. The quantitative estimate of drug-likeness (QED) is 0.438. The maximum Gasteiger partial charge on any atom is 0.332 e. The van der Waals surface area contributed by atoms with Gasteiger partial charge in [-0.3, -0.25) is 10.1 Å². The Morgan fingerprint density at radius 2 is 2.50 bits per heavy atom. The maximum absolute atomic E-state index is 10.5. The Balaban J connectivity index is 3.01. The molecule has 74 valence electrons. The summed E-state index contributed by atoms with van der Waals surface area (Å²) < 4.78 is 4.97. The number of halogens is 1. The molecule has 0 saturated heterocycles. The molecule has 6 heteroatoms. The normalized spacial score (nSPS) is 9.50. The van der Waals surface area contributed by atoms with Gasteiger partial charge in [0.05, 0.1) is 16.1 Å². The molecule has 0 unspecified atom stereocenters. The van der Waals surface area contributed by atoms with E-state index in [1.807, 2.05) is 0 Å². The molecular formula is C8H7ClN2O3. The Bertz CT molecular complexity index is 368. The summed E-state index contributed by atoms with van der Waals surface area (Å²) in [4.78, 5) is 13.6. The summed E-state index contributed by atoms with van der Waals surface area (Å²) >= 11 is 5.55. The maximum atomic E-state index is 10.5. The Kier molecular flexibility index (Phi) is 3.41. The summed E-state index contributed by atoms with van der Waals surface area (Å²) in [5, 5.41) is 10.7. The first-order valence-corrected chi connectivity index (χ1v) is 4.06. The van der Waals surface area contributed by atoms with Crippen molar-refractivity contribution in [2.24, 2.45) is 0 Å². The van der Waals surface area contributed by atoms with Crippen molar-refractivity contribution in [3.63, 3.8) is 0 Å². The SMILES string of the molecule is C=CCOc1ncc(Cl)cc1[N+](=O)[O-]. The van der Waals surface area contributed by atoms with Gasteiger partial charge >= 0.3 is 5.69 Å². The van der Waals surface area contributed by atoms with Crippen LogP contribution in [0.4, 0.5) is 5.69 Å². The van der Waals surface area contributed by atoms with E-state index in [1.54, 1.807) is 0 Å². The van der Waals surface area contributed by atoms with Crippen LogP contribution in [0.15, 0.2) is 24.9 Å². The van der Waals surface area contributed by atoms with Gasteiger partial charge in [0.2, 0.25) is 0 Å². The Hall–Kier alpha value is -1.62. The van der Waals surface area contributed by atoms with E-state index in [9.17, 15) is 10.1 Å². The Morgan fingerprint density at radius 3 is 3.07 bits per heavy atom. The molecule has 14 heavy (non-hydrogen) atoms. The lowest BCUT2D eigenvalue weighted by atomic mass is 10.4. The van der Waals surface area contributed by atoms with Crippen LogP contribution in [0.3, 0.4) is 0 Å². The number of ether oxygens (including phenoxy) is 1. The Labute approximate surface area is 85.1 Å². The van der Waals surface area contributed by atoms with Crippen molar-refractivity contribution < 1.29 is 9.66 Å². The molecule has 0 aromatic carbocycles. The van der Waals surface area contributed by atoms with Gasteiger partial charge in [0.1, 0.15) is 6.61 Å². The Morgan fingerprint density at radius 1 is 1.79 bits per heavy atom. The minimum atomic E-state index is -0.600. The van der Waals surface area contributed by atoms with E-state index in [0.717, 1.165) is 0 Å². The second kappa shape index (κ2) is 4.57. The minimum absolute atomic E-state index is 0.0562. The molecule has 0 spiro atoms. The first kappa shape index (κ1) is 10.5. The standard InChI is InChI=1S/C8H7ClN2O3/c1-2-3-14-8-7(11(12)13)4-6(9)5-10-8/h2,4-5H,1,3H2. The van der Waals surface area contributed by atoms with Gasteiger partial charge in [-0.25, -0.2) is 4.98 Å². The second-order valence-electron chi connectivity index (χ2n) is 2.33. The topological polar surface area (TPSA) is 65.3 Å². The van der Waals surface area contributed by atoms with Crippen LogP contribution in [0.25, 0.3) is 0 Å². The van der Waals surface area contributed by atoms with Gasteiger partial charge in [-0.2, -0.15) is 0 Å². The molecule has 0 fully saturated rings. The van der Waals surface area contributed by atoms with Crippen LogP contribution < -0.4 is 4.74 Å². The lowest BCUT2D eigenvalue weighted by Crippen LogP contribution is -2.00. The molecule has 1 aromatic heterocycles. The van der Waals surface area contributed by atoms with Crippen molar-refractivity contribution >= 4 is 17.3 Å². The van der Waals surface area contributed by atoms with Gasteiger partial charge in [-0.1, -0.05) is 24.3 Å². The largest absolute Gasteiger partial charge is 0.469 e. The first-order chi connectivity index (χ1) is 6.65. The molecule has 0 N–H and O–H groups in total. The van der Waals surface area contributed by atoms with Gasteiger partial charge in [-0.15, -0.1) is 0 Å². The number of nitro groups is 1. The zero-order valence-corrected chi connectivity index (χ0v) is 7.90. The minimum Gasteiger partial charge on any atom is -0.469 e. The fourth-order valence-corrected chi connectivity index (χ4v) is 0.948. The molecule has 5 nitrogen and oxygen atoms in total. The van der Waals surface area contributed by atoms with Gasteiger partial charge in [0.15, 0.2) is 0 Å². The number of rotatable bonds is 4. The van der Waals surface area contributed by atoms with Crippen molar-refractivity contribution in [2.45, 2.75) is 0 Å². The van der Waals surface area contributed by atoms with Crippen molar-refractivity contribution in [1.29, 1.82) is 0 Å². The number of hydrogen-bond donors (Lipinski definition) is 0. The number of nitrogens with zero attached hydrogens (tertiary/aromatic N) is 2. The molecule has 0 saturated carbocycles. The third kappa shape index (κ3) is 2.43. The zero-order chi connectivity index (χ0) is 10.6. The molecule has 0 bridgehead atoms. The van der Waals surface area contributed by atoms with E-state index < -0.39 is 4.92 Å². The molecule has 1 heterocycles. The number of aromatic nitrogens is 1.